The molecule has 0 atom stereocenters. The number of rotatable bonds is 3. The minimum absolute atomic E-state index is 0.0212. The third-order valence-electron chi connectivity index (χ3n) is 2.36. The van der Waals surface area contributed by atoms with E-state index >= 15 is 0 Å². The maximum absolute atomic E-state index is 13.0. The molecule has 0 unspecified atom stereocenters. The van der Waals surface area contributed by atoms with Crippen LogP contribution >= 0.6 is 0 Å². The molecule has 2 N–H and O–H groups in total. The van der Waals surface area contributed by atoms with Crippen molar-refractivity contribution >= 4 is 11.9 Å². The standard InChI is InChI=1S/C13H8F2N2O3/c14-8-3-1-7(2-4-8)13(19)20-12-9(11(16)18)5-6-10(15)17-12/h1-6H,(H2,16,18). The molecule has 0 fully saturated rings. The molecule has 0 radical (unpaired) electrons. The van der Waals surface area contributed by atoms with Gasteiger partial charge in [0.2, 0.25) is 11.8 Å². The topological polar surface area (TPSA) is 82.3 Å². The number of amides is 1. The molecular formula is C13H8F2N2O3. The van der Waals surface area contributed by atoms with Gasteiger partial charge in [0.1, 0.15) is 11.4 Å². The summed E-state index contributed by atoms with van der Waals surface area (Å²) in [7, 11) is 0. The summed E-state index contributed by atoms with van der Waals surface area (Å²) in [6.45, 7) is 0. The molecule has 2 aromatic rings. The van der Waals surface area contributed by atoms with Gasteiger partial charge in [0.25, 0.3) is 5.91 Å². The van der Waals surface area contributed by atoms with Gasteiger partial charge in [-0.05, 0) is 36.4 Å². The summed E-state index contributed by atoms with van der Waals surface area (Å²) >= 11 is 0. The number of aromatic nitrogens is 1. The number of pyridine rings is 1. The van der Waals surface area contributed by atoms with Crippen LogP contribution in [0.5, 0.6) is 5.88 Å². The van der Waals surface area contributed by atoms with Crippen molar-refractivity contribution in [2.45, 2.75) is 0 Å². The first-order valence-electron chi connectivity index (χ1n) is 5.41. The van der Waals surface area contributed by atoms with Gasteiger partial charge in [-0.15, -0.1) is 0 Å². The first-order valence-corrected chi connectivity index (χ1v) is 5.41. The fourth-order valence-electron chi connectivity index (χ4n) is 1.42. The van der Waals surface area contributed by atoms with E-state index in [1.54, 1.807) is 0 Å². The second-order valence-corrected chi connectivity index (χ2v) is 3.75. The lowest BCUT2D eigenvalue weighted by atomic mass is 10.2. The van der Waals surface area contributed by atoms with E-state index in [0.717, 1.165) is 24.3 Å². The normalized spacial score (nSPS) is 10.1. The maximum atomic E-state index is 13.0. The molecule has 20 heavy (non-hydrogen) atoms. The highest BCUT2D eigenvalue weighted by Gasteiger charge is 2.17. The zero-order valence-electron chi connectivity index (χ0n) is 9.97. The summed E-state index contributed by atoms with van der Waals surface area (Å²) in [5, 5.41) is 0. The zero-order chi connectivity index (χ0) is 14.7. The monoisotopic (exact) mass is 278 g/mol. The number of hydrogen-bond donors (Lipinski definition) is 1. The summed E-state index contributed by atoms with van der Waals surface area (Å²) in [5.41, 5.74) is 4.84. The number of nitrogens with zero attached hydrogens (tertiary/aromatic N) is 1. The van der Waals surface area contributed by atoms with Crippen molar-refractivity contribution in [1.29, 1.82) is 0 Å². The van der Waals surface area contributed by atoms with E-state index in [4.69, 9.17) is 10.5 Å². The Hall–Kier alpha value is -2.83. The summed E-state index contributed by atoms with van der Waals surface area (Å²) in [4.78, 5) is 26.2. The number of ether oxygens (including phenoxy) is 1. The number of nitrogens with two attached hydrogens (primary N) is 1. The van der Waals surface area contributed by atoms with E-state index in [-0.39, 0.29) is 11.1 Å². The Morgan fingerprint density at radius 1 is 1.05 bits per heavy atom. The van der Waals surface area contributed by atoms with E-state index in [0.29, 0.717) is 0 Å². The lowest BCUT2D eigenvalue weighted by Gasteiger charge is -2.06. The van der Waals surface area contributed by atoms with E-state index in [1.165, 1.54) is 12.1 Å². The summed E-state index contributed by atoms with van der Waals surface area (Å²) < 4.78 is 30.5. The minimum Gasteiger partial charge on any atom is -0.403 e. The van der Waals surface area contributed by atoms with Gasteiger partial charge >= 0.3 is 5.97 Å². The van der Waals surface area contributed by atoms with E-state index in [9.17, 15) is 18.4 Å². The van der Waals surface area contributed by atoms with Crippen molar-refractivity contribution in [3.63, 3.8) is 0 Å². The van der Waals surface area contributed by atoms with E-state index in [2.05, 4.69) is 4.98 Å². The number of halogens is 2. The maximum Gasteiger partial charge on any atom is 0.344 e. The van der Waals surface area contributed by atoms with Crippen LogP contribution in [0.3, 0.4) is 0 Å². The molecule has 0 spiro atoms. The number of carbonyl (C=O) groups excluding carboxylic acids is 2. The summed E-state index contributed by atoms with van der Waals surface area (Å²) in [5.74, 6) is -3.82. The van der Waals surface area contributed by atoms with E-state index in [1.807, 2.05) is 0 Å². The molecule has 0 bridgehead atoms. The Balaban J connectivity index is 2.29. The molecule has 1 aromatic carbocycles. The average molecular weight is 278 g/mol. The van der Waals surface area contributed by atoms with Gasteiger partial charge in [0, 0.05) is 0 Å². The minimum atomic E-state index is -0.933. The second-order valence-electron chi connectivity index (χ2n) is 3.75. The van der Waals surface area contributed by atoms with Crippen LogP contribution in [0.1, 0.15) is 20.7 Å². The van der Waals surface area contributed by atoms with Crippen molar-refractivity contribution in [3.8, 4) is 5.88 Å². The lowest BCUT2D eigenvalue weighted by molar-refractivity contribution is 0.0724. The first-order chi connectivity index (χ1) is 9.47. The molecule has 0 saturated heterocycles. The van der Waals surface area contributed by atoms with Gasteiger partial charge in [-0.1, -0.05) is 0 Å². The van der Waals surface area contributed by atoms with Crippen molar-refractivity contribution in [2.24, 2.45) is 5.73 Å². The summed E-state index contributed by atoms with van der Waals surface area (Å²) in [6, 6.07) is 6.45. The highest BCUT2D eigenvalue weighted by atomic mass is 19.1. The van der Waals surface area contributed by atoms with Crippen LogP contribution in [0.4, 0.5) is 8.78 Å². The molecule has 2 rings (SSSR count). The smallest absolute Gasteiger partial charge is 0.344 e. The Labute approximate surface area is 112 Å². The van der Waals surface area contributed by atoms with Gasteiger partial charge in [-0.3, -0.25) is 4.79 Å². The average Bonchev–Trinajstić information content (AvgIpc) is 2.39. The first kappa shape index (κ1) is 13.6. The Bertz CT molecular complexity index is 672. The van der Waals surface area contributed by atoms with Crippen LogP contribution in [0.25, 0.3) is 0 Å². The quantitative estimate of drug-likeness (QED) is 0.684. The van der Waals surface area contributed by atoms with Gasteiger partial charge in [-0.2, -0.15) is 9.37 Å². The Morgan fingerprint density at radius 3 is 2.30 bits per heavy atom. The van der Waals surface area contributed by atoms with Crippen LogP contribution in [0.15, 0.2) is 36.4 Å². The summed E-state index contributed by atoms with van der Waals surface area (Å²) in [6.07, 6.45) is 0. The molecule has 102 valence electrons. The Kier molecular flexibility index (Phi) is 3.69. The van der Waals surface area contributed by atoms with Crippen molar-refractivity contribution in [2.75, 3.05) is 0 Å². The molecule has 1 heterocycles. The van der Waals surface area contributed by atoms with Crippen LogP contribution in [-0.2, 0) is 0 Å². The molecule has 0 aliphatic heterocycles. The Morgan fingerprint density at radius 2 is 1.70 bits per heavy atom. The molecule has 0 aliphatic rings. The number of benzene rings is 1. The fraction of sp³-hybridized carbons (Fsp3) is 0. The van der Waals surface area contributed by atoms with Crippen LogP contribution in [0.2, 0.25) is 0 Å². The lowest BCUT2D eigenvalue weighted by Crippen LogP contribution is -2.17. The number of primary amides is 1. The third-order valence-corrected chi connectivity index (χ3v) is 2.36. The molecule has 5 nitrogen and oxygen atoms in total. The van der Waals surface area contributed by atoms with Crippen molar-refractivity contribution < 1.29 is 23.1 Å². The molecular weight excluding hydrogens is 270 g/mol. The number of hydrogen-bond acceptors (Lipinski definition) is 4. The molecule has 1 aromatic heterocycles. The van der Waals surface area contributed by atoms with Crippen LogP contribution < -0.4 is 10.5 Å². The zero-order valence-corrected chi connectivity index (χ0v) is 9.97. The van der Waals surface area contributed by atoms with Crippen LogP contribution in [-0.4, -0.2) is 16.9 Å². The third kappa shape index (κ3) is 2.94. The van der Waals surface area contributed by atoms with E-state index < -0.39 is 29.5 Å². The molecule has 1 amide bonds. The fourth-order valence-corrected chi connectivity index (χ4v) is 1.42. The van der Waals surface area contributed by atoms with Crippen molar-refractivity contribution in [3.05, 3.63) is 59.3 Å². The molecule has 7 heteroatoms. The predicted octanol–water partition coefficient (Wildman–Crippen LogP) is 1.68. The van der Waals surface area contributed by atoms with Crippen molar-refractivity contribution in [1.82, 2.24) is 4.98 Å². The predicted molar refractivity (Wildman–Crippen MR) is 64.1 cm³/mol. The number of esters is 1. The molecule has 0 saturated carbocycles. The molecule has 0 aliphatic carbocycles. The second kappa shape index (κ2) is 5.43. The highest BCUT2D eigenvalue weighted by Crippen LogP contribution is 2.17. The van der Waals surface area contributed by atoms with Gasteiger partial charge < -0.3 is 10.5 Å². The van der Waals surface area contributed by atoms with Crippen LogP contribution in [0, 0.1) is 11.8 Å². The number of carbonyl (C=O) groups is 2. The highest BCUT2D eigenvalue weighted by molar-refractivity contribution is 5.97. The van der Waals surface area contributed by atoms with Gasteiger partial charge in [0.15, 0.2) is 0 Å². The largest absolute Gasteiger partial charge is 0.403 e. The van der Waals surface area contributed by atoms with Gasteiger partial charge in [0.05, 0.1) is 5.56 Å². The van der Waals surface area contributed by atoms with Gasteiger partial charge in [-0.25, -0.2) is 9.18 Å². The SMILES string of the molecule is NC(=O)c1ccc(F)nc1OC(=O)c1ccc(F)cc1.